The van der Waals surface area contributed by atoms with E-state index in [0.29, 0.717) is 24.7 Å². The summed E-state index contributed by atoms with van der Waals surface area (Å²) in [7, 11) is 0. The number of Topliss-reactive ketones (excluding diaryl/α,β-unsaturated/α-hetero) is 1. The Hall–Kier alpha value is -1.03. The van der Waals surface area contributed by atoms with E-state index in [-0.39, 0.29) is 34.2 Å². The molecule has 3 saturated carbocycles. The zero-order valence-corrected chi connectivity index (χ0v) is 15.3. The summed E-state index contributed by atoms with van der Waals surface area (Å²) in [4.78, 5) is 24.0. The minimum atomic E-state index is -0.885. The van der Waals surface area contributed by atoms with Crippen molar-refractivity contribution >= 4 is 11.6 Å². The van der Waals surface area contributed by atoms with Crippen molar-refractivity contribution in [3.8, 4) is 0 Å². The van der Waals surface area contributed by atoms with Crippen molar-refractivity contribution in [1.29, 1.82) is 0 Å². The summed E-state index contributed by atoms with van der Waals surface area (Å²) < 4.78 is 13.1. The number of aliphatic hydroxyl groups is 1. The summed E-state index contributed by atoms with van der Waals surface area (Å²) in [6.45, 7) is 3.46. The van der Waals surface area contributed by atoms with E-state index in [1.165, 1.54) is 5.57 Å². The Labute approximate surface area is 149 Å². The first-order valence-electron chi connectivity index (χ1n) is 9.82. The summed E-state index contributed by atoms with van der Waals surface area (Å²) >= 11 is 0. The van der Waals surface area contributed by atoms with Crippen LogP contribution < -0.4 is 0 Å². The van der Waals surface area contributed by atoms with Gasteiger partial charge in [0.05, 0.1) is 6.10 Å². The Kier molecular flexibility index (Phi) is 3.99. The van der Waals surface area contributed by atoms with Crippen LogP contribution in [0.2, 0.25) is 0 Å². The second-order valence-corrected chi connectivity index (χ2v) is 9.40. The molecule has 1 N–H and O–H groups in total. The van der Waals surface area contributed by atoms with Crippen LogP contribution >= 0.6 is 0 Å². The number of ketones is 2. The van der Waals surface area contributed by atoms with Crippen LogP contribution in [0.1, 0.15) is 58.8 Å². The van der Waals surface area contributed by atoms with Crippen LogP contribution in [-0.4, -0.2) is 29.5 Å². The van der Waals surface area contributed by atoms with Gasteiger partial charge in [-0.15, -0.1) is 0 Å². The van der Waals surface area contributed by atoms with E-state index in [0.717, 1.165) is 32.1 Å². The molecule has 4 aliphatic rings. The van der Waals surface area contributed by atoms with Gasteiger partial charge in [-0.1, -0.05) is 19.4 Å². The maximum absolute atomic E-state index is 13.1. The Morgan fingerprint density at radius 1 is 1.28 bits per heavy atom. The molecule has 0 radical (unpaired) electrons. The van der Waals surface area contributed by atoms with Crippen LogP contribution in [0.5, 0.6) is 0 Å². The molecule has 3 fully saturated rings. The molecule has 138 valence electrons. The molecule has 3 nitrogen and oxygen atoms in total. The van der Waals surface area contributed by atoms with Gasteiger partial charge in [0.25, 0.3) is 0 Å². The largest absolute Gasteiger partial charge is 0.393 e. The van der Waals surface area contributed by atoms with Crippen molar-refractivity contribution in [3.05, 3.63) is 11.6 Å². The molecule has 0 unspecified atom stereocenters. The molecule has 0 bridgehead atoms. The highest BCUT2D eigenvalue weighted by Crippen LogP contribution is 2.66. The summed E-state index contributed by atoms with van der Waals surface area (Å²) in [6, 6.07) is 0. The first-order valence-corrected chi connectivity index (χ1v) is 9.82. The molecule has 0 aromatic rings. The van der Waals surface area contributed by atoms with Gasteiger partial charge in [0, 0.05) is 12.3 Å². The Morgan fingerprint density at radius 3 is 2.76 bits per heavy atom. The quantitative estimate of drug-likeness (QED) is 0.829. The predicted octanol–water partition coefficient (Wildman–Crippen LogP) is 3.64. The zero-order valence-electron chi connectivity index (χ0n) is 15.3. The highest BCUT2D eigenvalue weighted by molar-refractivity contribution is 5.91. The second kappa shape index (κ2) is 5.73. The highest BCUT2D eigenvalue weighted by atomic mass is 19.1. The van der Waals surface area contributed by atoms with Crippen molar-refractivity contribution in [2.45, 2.75) is 64.9 Å². The van der Waals surface area contributed by atoms with Crippen LogP contribution in [0.4, 0.5) is 4.39 Å². The smallest absolute Gasteiger partial charge is 0.167 e. The molecule has 25 heavy (non-hydrogen) atoms. The standard InChI is InChI=1S/C21H29FO3/c1-20-8-7-13(23)9-12(20)3-4-14-15-5-6-16(18(25)11-22)21(15,2)10-17(24)19(14)20/h9,14-17,19,24H,3-8,10-11H2,1-2H3/t14-,15-,16+,17-,19+,20+,21+/m1/s1. The third-order valence-electron chi connectivity index (χ3n) is 8.41. The highest BCUT2D eigenvalue weighted by Gasteiger charge is 2.62. The normalized spacial score (nSPS) is 49.0. The molecule has 0 aromatic heterocycles. The average Bonchev–Trinajstić information content (AvgIpc) is 2.91. The SMILES string of the molecule is C[C@]12C[C@@H](O)[C@@H]3[C@H](CCC4=CC(=O)CC[C@@]43C)[C@H]1CC[C@H]2C(=O)CF. The van der Waals surface area contributed by atoms with Crippen molar-refractivity contribution < 1.29 is 19.1 Å². The number of fused-ring (bicyclic) bond motifs is 5. The van der Waals surface area contributed by atoms with Gasteiger partial charge in [-0.3, -0.25) is 9.59 Å². The third kappa shape index (κ3) is 2.32. The van der Waals surface area contributed by atoms with Gasteiger partial charge in [0.2, 0.25) is 0 Å². The molecule has 0 heterocycles. The van der Waals surface area contributed by atoms with Gasteiger partial charge < -0.3 is 5.11 Å². The number of aliphatic hydroxyl groups excluding tert-OH is 1. The van der Waals surface area contributed by atoms with E-state index in [2.05, 4.69) is 13.8 Å². The number of rotatable bonds is 2. The fraction of sp³-hybridized carbons (Fsp3) is 0.810. The van der Waals surface area contributed by atoms with Gasteiger partial charge in [0.15, 0.2) is 11.6 Å². The lowest BCUT2D eigenvalue weighted by atomic mass is 9.46. The summed E-state index contributed by atoms with van der Waals surface area (Å²) in [5.41, 5.74) is 0.855. The molecule has 0 amide bonds. The van der Waals surface area contributed by atoms with Crippen molar-refractivity contribution in [2.75, 3.05) is 6.67 Å². The number of allylic oxidation sites excluding steroid dienone is 1. The van der Waals surface area contributed by atoms with Gasteiger partial charge in [-0.05, 0) is 73.2 Å². The van der Waals surface area contributed by atoms with Gasteiger partial charge in [-0.2, -0.15) is 0 Å². The first-order chi connectivity index (χ1) is 11.8. The van der Waals surface area contributed by atoms with Crippen LogP contribution in [0.3, 0.4) is 0 Å². The van der Waals surface area contributed by atoms with Crippen molar-refractivity contribution in [3.63, 3.8) is 0 Å². The fourth-order valence-corrected chi connectivity index (χ4v) is 7.31. The van der Waals surface area contributed by atoms with E-state index >= 15 is 0 Å². The van der Waals surface area contributed by atoms with Crippen molar-refractivity contribution in [1.82, 2.24) is 0 Å². The number of hydrogen-bond donors (Lipinski definition) is 1. The van der Waals surface area contributed by atoms with E-state index in [1.807, 2.05) is 6.08 Å². The van der Waals surface area contributed by atoms with E-state index in [9.17, 15) is 19.1 Å². The van der Waals surface area contributed by atoms with Gasteiger partial charge in [-0.25, -0.2) is 4.39 Å². The third-order valence-corrected chi connectivity index (χ3v) is 8.41. The molecule has 0 spiro atoms. The molecule has 0 aromatic carbocycles. The Balaban J connectivity index is 1.70. The topological polar surface area (TPSA) is 54.4 Å². The maximum Gasteiger partial charge on any atom is 0.167 e. The van der Waals surface area contributed by atoms with Crippen LogP contribution in [0.15, 0.2) is 11.6 Å². The first kappa shape index (κ1) is 17.4. The molecule has 7 atom stereocenters. The lowest BCUT2D eigenvalue weighted by Crippen LogP contribution is -2.57. The molecule has 4 aliphatic carbocycles. The summed E-state index contributed by atoms with van der Waals surface area (Å²) in [5.74, 6) is 0.629. The lowest BCUT2D eigenvalue weighted by molar-refractivity contribution is -0.145. The number of carbonyl (C=O) groups excluding carboxylic acids is 2. The van der Waals surface area contributed by atoms with E-state index < -0.39 is 12.8 Å². The second-order valence-electron chi connectivity index (χ2n) is 9.40. The Bertz CT molecular complexity index is 641. The van der Waals surface area contributed by atoms with Crippen LogP contribution in [0, 0.1) is 34.5 Å². The van der Waals surface area contributed by atoms with Crippen molar-refractivity contribution in [2.24, 2.45) is 34.5 Å². The zero-order chi connectivity index (χ0) is 18.0. The maximum atomic E-state index is 13.1. The van der Waals surface area contributed by atoms with Crippen LogP contribution in [-0.2, 0) is 9.59 Å². The molecule has 0 aliphatic heterocycles. The monoisotopic (exact) mass is 348 g/mol. The fourth-order valence-electron chi connectivity index (χ4n) is 7.31. The molecule has 4 heteroatoms. The number of alkyl halides is 1. The van der Waals surface area contributed by atoms with E-state index in [4.69, 9.17) is 0 Å². The molecule has 4 rings (SSSR count). The number of halogens is 1. The summed E-state index contributed by atoms with van der Waals surface area (Å²) in [6.07, 6.45) is 6.98. The van der Waals surface area contributed by atoms with Gasteiger partial charge >= 0.3 is 0 Å². The van der Waals surface area contributed by atoms with E-state index in [1.54, 1.807) is 0 Å². The van der Waals surface area contributed by atoms with Crippen LogP contribution in [0.25, 0.3) is 0 Å². The average molecular weight is 348 g/mol. The molecular formula is C21H29FO3. The Morgan fingerprint density at radius 2 is 2.04 bits per heavy atom. The number of hydrogen-bond acceptors (Lipinski definition) is 3. The lowest BCUT2D eigenvalue weighted by Gasteiger charge is -2.59. The molecular weight excluding hydrogens is 319 g/mol. The number of carbonyl (C=O) groups is 2. The molecule has 0 saturated heterocycles. The summed E-state index contributed by atoms with van der Waals surface area (Å²) in [5, 5.41) is 11.1. The minimum Gasteiger partial charge on any atom is -0.393 e. The minimum absolute atomic E-state index is 0.0975. The predicted molar refractivity (Wildman–Crippen MR) is 92.6 cm³/mol. The van der Waals surface area contributed by atoms with Gasteiger partial charge in [0.1, 0.15) is 6.67 Å².